The van der Waals surface area contributed by atoms with Crippen molar-refractivity contribution in [2.45, 2.75) is 38.5 Å². The van der Waals surface area contributed by atoms with Crippen molar-refractivity contribution < 1.29 is 9.59 Å². The lowest BCUT2D eigenvalue weighted by atomic mass is 9.63. The fourth-order valence-corrected chi connectivity index (χ4v) is 5.11. The molecule has 4 heterocycles. The normalized spacial score (nSPS) is 19.9. The monoisotopic (exact) mass is 420 g/mol. The fourth-order valence-electron chi connectivity index (χ4n) is 4.44. The van der Waals surface area contributed by atoms with Crippen molar-refractivity contribution in [1.82, 2.24) is 14.9 Å². The predicted octanol–water partition coefficient (Wildman–Crippen LogP) is 3.62. The van der Waals surface area contributed by atoms with Gasteiger partial charge in [0.25, 0.3) is 0 Å². The first-order valence-electron chi connectivity index (χ1n) is 10.4. The molecule has 154 valence electrons. The number of rotatable bonds is 4. The van der Waals surface area contributed by atoms with Crippen molar-refractivity contribution in [1.29, 1.82) is 0 Å². The highest BCUT2D eigenvalue weighted by molar-refractivity contribution is 7.09. The van der Waals surface area contributed by atoms with Crippen LogP contribution < -0.4 is 5.32 Å². The minimum absolute atomic E-state index is 0.0148. The minimum atomic E-state index is -0.233. The molecule has 2 aromatic heterocycles. The number of carbonyl (C=O) groups is 2. The Labute approximate surface area is 179 Å². The summed E-state index contributed by atoms with van der Waals surface area (Å²) in [4.78, 5) is 35.5. The van der Waals surface area contributed by atoms with Gasteiger partial charge in [-0.05, 0) is 49.0 Å². The van der Waals surface area contributed by atoms with Crippen LogP contribution in [0.2, 0.25) is 0 Å². The van der Waals surface area contributed by atoms with Gasteiger partial charge in [0.2, 0.25) is 11.8 Å². The van der Waals surface area contributed by atoms with Crippen LogP contribution in [0.4, 0.5) is 5.82 Å². The van der Waals surface area contributed by atoms with Crippen LogP contribution in [0.15, 0.2) is 41.6 Å². The highest BCUT2D eigenvalue weighted by atomic mass is 32.1. The number of nitrogens with one attached hydrogen (secondary N) is 1. The van der Waals surface area contributed by atoms with Gasteiger partial charge in [0, 0.05) is 43.4 Å². The van der Waals surface area contributed by atoms with Crippen LogP contribution in [0.5, 0.6) is 0 Å². The summed E-state index contributed by atoms with van der Waals surface area (Å²) in [5.74, 6) is 0.788. The summed E-state index contributed by atoms with van der Waals surface area (Å²) in [6.07, 6.45) is 14.7. The molecular formula is C23H24N4O2S. The number of hydrogen-bond donors (Lipinski definition) is 1. The molecule has 0 atom stereocenters. The molecule has 5 rings (SSSR count). The van der Waals surface area contributed by atoms with Gasteiger partial charge in [-0.3, -0.25) is 9.59 Å². The lowest BCUT2D eigenvalue weighted by molar-refractivity contribution is -0.130. The molecule has 0 aromatic carbocycles. The van der Waals surface area contributed by atoms with Crippen molar-refractivity contribution in [3.63, 3.8) is 0 Å². The van der Waals surface area contributed by atoms with Gasteiger partial charge in [-0.2, -0.15) is 0 Å². The zero-order valence-electron chi connectivity index (χ0n) is 16.8. The maximum atomic E-state index is 12.6. The third-order valence-corrected chi connectivity index (χ3v) is 7.22. The van der Waals surface area contributed by atoms with Crippen molar-refractivity contribution in [2.75, 3.05) is 18.4 Å². The summed E-state index contributed by atoms with van der Waals surface area (Å²) < 4.78 is 0. The highest BCUT2D eigenvalue weighted by Crippen LogP contribution is 2.47. The molecule has 1 aliphatic carbocycles. The van der Waals surface area contributed by atoms with Crippen LogP contribution in [-0.4, -0.2) is 39.8 Å². The van der Waals surface area contributed by atoms with Gasteiger partial charge >= 0.3 is 0 Å². The molecule has 6 nitrogen and oxygen atoms in total. The summed E-state index contributed by atoms with van der Waals surface area (Å²) >= 11 is 1.67. The van der Waals surface area contributed by atoms with Gasteiger partial charge in [-0.25, -0.2) is 9.97 Å². The molecule has 0 unspecified atom stereocenters. The van der Waals surface area contributed by atoms with Crippen LogP contribution in [0.1, 0.15) is 41.8 Å². The molecule has 1 N–H and O–H groups in total. The van der Waals surface area contributed by atoms with E-state index in [0.717, 1.165) is 61.2 Å². The quantitative estimate of drug-likeness (QED) is 0.606. The maximum absolute atomic E-state index is 12.6. The van der Waals surface area contributed by atoms with Crippen LogP contribution in [-0.2, 0) is 22.4 Å². The van der Waals surface area contributed by atoms with Crippen molar-refractivity contribution in [3.05, 3.63) is 57.7 Å². The Bertz CT molecular complexity index is 1040. The van der Waals surface area contributed by atoms with E-state index in [1.54, 1.807) is 23.6 Å². The van der Waals surface area contributed by atoms with Crippen LogP contribution in [0, 0.1) is 5.41 Å². The average Bonchev–Trinajstić information content (AvgIpc) is 3.24. The van der Waals surface area contributed by atoms with E-state index in [4.69, 9.17) is 0 Å². The Kier molecular flexibility index (Phi) is 4.98. The second-order valence-electron chi connectivity index (χ2n) is 8.37. The van der Waals surface area contributed by atoms with E-state index in [2.05, 4.69) is 21.4 Å². The lowest BCUT2D eigenvalue weighted by Gasteiger charge is -2.43. The molecule has 30 heavy (non-hydrogen) atoms. The van der Waals surface area contributed by atoms with Crippen molar-refractivity contribution >= 4 is 35.0 Å². The van der Waals surface area contributed by atoms with Gasteiger partial charge in [0.05, 0.1) is 10.4 Å². The van der Waals surface area contributed by atoms with Gasteiger partial charge in [-0.1, -0.05) is 18.1 Å². The molecule has 1 spiro atoms. The number of anilines is 1. The Balaban J connectivity index is 1.22. The van der Waals surface area contributed by atoms with Gasteiger partial charge < -0.3 is 10.2 Å². The average molecular weight is 421 g/mol. The number of aromatic nitrogens is 2. The van der Waals surface area contributed by atoms with E-state index < -0.39 is 0 Å². The van der Waals surface area contributed by atoms with E-state index >= 15 is 0 Å². The summed E-state index contributed by atoms with van der Waals surface area (Å²) in [6.45, 7) is 1.37. The van der Waals surface area contributed by atoms with Gasteiger partial charge in [-0.15, -0.1) is 11.3 Å². The van der Waals surface area contributed by atoms with E-state index in [1.807, 2.05) is 28.6 Å². The van der Waals surface area contributed by atoms with E-state index in [9.17, 15) is 9.59 Å². The Morgan fingerprint density at radius 1 is 1.33 bits per heavy atom. The van der Waals surface area contributed by atoms with Gasteiger partial charge in [0.15, 0.2) is 0 Å². The number of pyridine rings is 1. The lowest BCUT2D eigenvalue weighted by Crippen LogP contribution is -2.46. The van der Waals surface area contributed by atoms with Crippen molar-refractivity contribution in [2.24, 2.45) is 5.41 Å². The first-order valence-corrected chi connectivity index (χ1v) is 11.3. The zero-order valence-corrected chi connectivity index (χ0v) is 17.6. The number of amides is 2. The maximum Gasteiger partial charge on any atom is 0.246 e. The third-order valence-electron chi connectivity index (χ3n) is 6.44. The second kappa shape index (κ2) is 7.80. The number of thiazole rings is 1. The molecule has 0 saturated heterocycles. The Hall–Kier alpha value is -2.80. The zero-order chi connectivity index (χ0) is 20.6. The molecule has 2 amide bonds. The Morgan fingerprint density at radius 3 is 2.93 bits per heavy atom. The first-order chi connectivity index (χ1) is 14.6. The summed E-state index contributed by atoms with van der Waals surface area (Å²) in [5, 5.41) is 6.08. The minimum Gasteiger partial charge on any atom is -0.335 e. The number of carbonyl (C=O) groups excluding carboxylic acids is 2. The highest BCUT2D eigenvalue weighted by Gasteiger charge is 2.47. The first kappa shape index (κ1) is 19.2. The SMILES string of the molecule is O=C(C=Cc1cnc2c(c1)CC1(CCC1)C(=O)N2)N1CC=C(Cc2nccs2)CC1. The molecule has 3 aliphatic rings. The van der Waals surface area contributed by atoms with E-state index in [1.165, 1.54) is 5.57 Å². The fraction of sp³-hybridized carbons (Fsp3) is 0.391. The standard InChI is InChI=1S/C23H24N4O2S/c28-20(27-9-4-16(5-10-27)13-19-24-8-11-30-19)3-2-17-12-18-14-23(6-1-7-23)22(29)26-21(18)25-15-17/h2-4,8,11-12,15H,1,5-7,9-10,13-14H2,(H,25,26,29). The molecule has 2 aliphatic heterocycles. The largest absolute Gasteiger partial charge is 0.335 e. The predicted molar refractivity (Wildman–Crippen MR) is 117 cm³/mol. The Morgan fingerprint density at radius 2 is 2.23 bits per heavy atom. The molecule has 2 aromatic rings. The smallest absolute Gasteiger partial charge is 0.246 e. The third kappa shape index (κ3) is 3.69. The van der Waals surface area contributed by atoms with Crippen molar-refractivity contribution in [3.8, 4) is 0 Å². The number of fused-ring (bicyclic) bond motifs is 1. The van der Waals surface area contributed by atoms with Gasteiger partial charge in [0.1, 0.15) is 5.82 Å². The summed E-state index contributed by atoms with van der Waals surface area (Å²) in [7, 11) is 0. The summed E-state index contributed by atoms with van der Waals surface area (Å²) in [6, 6.07) is 2.05. The topological polar surface area (TPSA) is 75.2 Å². The van der Waals surface area contributed by atoms with Crippen LogP contribution in [0.3, 0.4) is 0 Å². The van der Waals surface area contributed by atoms with E-state index in [0.29, 0.717) is 12.4 Å². The molecule has 1 saturated carbocycles. The number of hydrogen-bond acceptors (Lipinski definition) is 5. The molecular weight excluding hydrogens is 396 g/mol. The molecule has 7 heteroatoms. The summed E-state index contributed by atoms with van der Waals surface area (Å²) in [5.41, 5.74) is 3.08. The number of nitrogens with zero attached hydrogens (tertiary/aromatic N) is 3. The van der Waals surface area contributed by atoms with Crippen LogP contribution in [0.25, 0.3) is 6.08 Å². The molecule has 1 fully saturated rings. The molecule has 0 bridgehead atoms. The second-order valence-corrected chi connectivity index (χ2v) is 9.35. The van der Waals surface area contributed by atoms with E-state index in [-0.39, 0.29) is 17.2 Å². The van der Waals surface area contributed by atoms with Crippen LogP contribution >= 0.6 is 11.3 Å². The molecule has 0 radical (unpaired) electrons.